The zero-order valence-corrected chi connectivity index (χ0v) is 25.1. The Hall–Kier alpha value is -4.25. The maximum absolute atomic E-state index is 12.8. The highest BCUT2D eigenvalue weighted by atomic mass is 19.4. The monoisotopic (exact) mass is 623 g/mol. The Morgan fingerprint density at radius 3 is 2.38 bits per heavy atom. The Balaban J connectivity index is 0.933. The lowest BCUT2D eigenvalue weighted by atomic mass is 9.53. The highest BCUT2D eigenvalue weighted by molar-refractivity contribution is 5.81. The molecule has 1 amide bonds. The van der Waals surface area contributed by atoms with Gasteiger partial charge in [0.2, 0.25) is 5.91 Å². The van der Waals surface area contributed by atoms with Crippen LogP contribution in [0.5, 0.6) is 17.2 Å². The van der Waals surface area contributed by atoms with E-state index in [1.807, 2.05) is 42.5 Å². The topological polar surface area (TPSA) is 94.3 Å². The Labute approximate surface area is 259 Å². The molecule has 11 heteroatoms. The third-order valence-electron chi connectivity index (χ3n) is 8.28. The molecule has 2 heterocycles. The summed E-state index contributed by atoms with van der Waals surface area (Å²) in [6.07, 6.45) is 3.14. The van der Waals surface area contributed by atoms with Crippen LogP contribution in [0.1, 0.15) is 45.1 Å². The van der Waals surface area contributed by atoms with Crippen LogP contribution in [-0.2, 0) is 11.2 Å². The number of hydrogen-bond acceptors (Lipinski definition) is 6. The lowest BCUT2D eigenvalue weighted by Crippen LogP contribution is -2.58. The van der Waals surface area contributed by atoms with Gasteiger partial charge in [-0.05, 0) is 92.5 Å². The summed E-state index contributed by atoms with van der Waals surface area (Å²) in [5.74, 6) is 1.47. The van der Waals surface area contributed by atoms with Gasteiger partial charge in [-0.15, -0.1) is 0 Å². The molecule has 0 bridgehead atoms. The molecule has 2 aromatic carbocycles. The average Bonchev–Trinajstić information content (AvgIpc) is 3.34. The van der Waals surface area contributed by atoms with E-state index in [1.165, 1.54) is 6.07 Å². The van der Waals surface area contributed by atoms with Crippen molar-refractivity contribution in [2.45, 2.75) is 69.9 Å². The van der Waals surface area contributed by atoms with Crippen LogP contribution in [-0.4, -0.2) is 57.8 Å². The first-order valence-electron chi connectivity index (χ1n) is 15.0. The number of rotatable bonds is 11. The number of ether oxygens (including phenoxy) is 3. The molecule has 2 aliphatic rings. The van der Waals surface area contributed by atoms with Gasteiger partial charge in [-0.3, -0.25) is 4.79 Å². The van der Waals surface area contributed by atoms with E-state index in [1.54, 1.807) is 42.9 Å². The zero-order valence-electron chi connectivity index (χ0n) is 25.1. The number of hydrogen-bond donors (Lipinski definition) is 2. The van der Waals surface area contributed by atoms with Crippen molar-refractivity contribution in [3.8, 4) is 28.4 Å². The smallest absolute Gasteiger partial charge is 0.422 e. The molecule has 8 nitrogen and oxygen atoms in total. The molecule has 2 fully saturated rings. The molecule has 0 saturated heterocycles. The van der Waals surface area contributed by atoms with Gasteiger partial charge in [0.1, 0.15) is 23.9 Å². The molecular weight excluding hydrogens is 587 g/mol. The van der Waals surface area contributed by atoms with Gasteiger partial charge < -0.3 is 24.6 Å². The fourth-order valence-electron chi connectivity index (χ4n) is 6.21. The lowest BCUT2D eigenvalue weighted by Gasteiger charge is -2.57. The van der Waals surface area contributed by atoms with Gasteiger partial charge in [-0.1, -0.05) is 24.3 Å². The van der Waals surface area contributed by atoms with Crippen molar-refractivity contribution in [1.82, 2.24) is 14.9 Å². The van der Waals surface area contributed by atoms with Crippen LogP contribution in [0.4, 0.5) is 13.2 Å². The van der Waals surface area contributed by atoms with E-state index in [-0.39, 0.29) is 42.2 Å². The van der Waals surface area contributed by atoms with Crippen molar-refractivity contribution < 1.29 is 37.3 Å². The van der Waals surface area contributed by atoms with Crippen molar-refractivity contribution in [3.63, 3.8) is 0 Å². The van der Waals surface area contributed by atoms with E-state index in [2.05, 4.69) is 10.4 Å². The summed E-state index contributed by atoms with van der Waals surface area (Å²) in [4.78, 5) is 12.8. The standard InChI is InChI=1S/C34H36F3N3O5/c1-32(2,42)20-43-28-10-11-30-24(18-38-40(30)19-28)13-31(41)39-25-14-33(15-25)16-29(17-33)45-26-8-6-22(7-9-26)23-4-3-5-27(12-23)44-21-34(35,36)37/h3-12,18-19,25,29,42H,13-17,20-21H2,1-2H3,(H,39,41). The van der Waals surface area contributed by atoms with E-state index in [9.17, 15) is 23.1 Å². The first-order chi connectivity index (χ1) is 21.3. The fraction of sp³-hybridized carbons (Fsp3) is 0.412. The molecule has 2 aliphatic carbocycles. The maximum Gasteiger partial charge on any atom is 0.422 e. The van der Waals surface area contributed by atoms with Gasteiger partial charge >= 0.3 is 6.18 Å². The molecule has 6 rings (SSSR count). The van der Waals surface area contributed by atoms with Gasteiger partial charge in [0.25, 0.3) is 0 Å². The Morgan fingerprint density at radius 1 is 0.956 bits per heavy atom. The Bertz CT molecular complexity index is 1650. The fourth-order valence-corrected chi connectivity index (χ4v) is 6.21. The molecule has 2 aromatic heterocycles. The van der Waals surface area contributed by atoms with Gasteiger partial charge in [0.15, 0.2) is 6.61 Å². The van der Waals surface area contributed by atoms with E-state index in [0.717, 1.165) is 53.6 Å². The van der Waals surface area contributed by atoms with Gasteiger partial charge in [-0.2, -0.15) is 18.3 Å². The second-order valence-electron chi connectivity index (χ2n) is 12.9. The normalized spacial score (nSPS) is 21.2. The zero-order chi connectivity index (χ0) is 31.8. The van der Waals surface area contributed by atoms with Gasteiger partial charge in [0.05, 0.1) is 36.0 Å². The quantitative estimate of drug-likeness (QED) is 0.209. The van der Waals surface area contributed by atoms with E-state index in [4.69, 9.17) is 14.2 Å². The third-order valence-corrected chi connectivity index (χ3v) is 8.28. The van der Waals surface area contributed by atoms with Crippen molar-refractivity contribution in [2.75, 3.05) is 13.2 Å². The minimum Gasteiger partial charge on any atom is -0.490 e. The maximum atomic E-state index is 12.8. The Kier molecular flexibility index (Phi) is 8.15. The number of alkyl halides is 3. The van der Waals surface area contributed by atoms with Crippen molar-refractivity contribution in [2.24, 2.45) is 5.41 Å². The van der Waals surface area contributed by atoms with Crippen LogP contribution in [0.2, 0.25) is 0 Å². The number of nitrogens with zero attached hydrogens (tertiary/aromatic N) is 2. The molecule has 0 unspecified atom stereocenters. The minimum absolute atomic E-state index is 0.0308. The van der Waals surface area contributed by atoms with Crippen LogP contribution in [0.15, 0.2) is 73.1 Å². The summed E-state index contributed by atoms with van der Waals surface area (Å²) < 4.78 is 55.8. The summed E-state index contributed by atoms with van der Waals surface area (Å²) in [6.45, 7) is 2.18. The Morgan fingerprint density at radius 2 is 1.67 bits per heavy atom. The highest BCUT2D eigenvalue weighted by Gasteiger charge is 2.54. The number of benzene rings is 2. The molecule has 45 heavy (non-hydrogen) atoms. The number of aromatic nitrogens is 2. The molecule has 2 N–H and O–H groups in total. The number of pyridine rings is 1. The van der Waals surface area contributed by atoms with Crippen LogP contribution in [0, 0.1) is 5.41 Å². The van der Waals surface area contributed by atoms with E-state index in [0.29, 0.717) is 5.75 Å². The molecule has 238 valence electrons. The summed E-state index contributed by atoms with van der Waals surface area (Å²) in [7, 11) is 0. The number of halogens is 3. The number of carbonyl (C=O) groups excluding carboxylic acids is 1. The number of carbonyl (C=O) groups is 1. The SMILES string of the molecule is CC(C)(O)COc1ccc2c(CC(=O)NC3CC4(C3)CC(Oc3ccc(-c5cccc(OCC(F)(F)F)c5)cc3)C4)cnn2c1. The lowest BCUT2D eigenvalue weighted by molar-refractivity contribution is -0.153. The predicted octanol–water partition coefficient (Wildman–Crippen LogP) is 6.14. The highest BCUT2D eigenvalue weighted by Crippen LogP contribution is 2.56. The molecule has 0 radical (unpaired) electrons. The van der Waals surface area contributed by atoms with Crippen LogP contribution >= 0.6 is 0 Å². The third kappa shape index (κ3) is 7.70. The molecule has 4 aromatic rings. The van der Waals surface area contributed by atoms with E-state index >= 15 is 0 Å². The number of fused-ring (bicyclic) bond motifs is 1. The van der Waals surface area contributed by atoms with Crippen molar-refractivity contribution in [3.05, 3.63) is 78.6 Å². The molecule has 0 atom stereocenters. The summed E-state index contributed by atoms with van der Waals surface area (Å²) in [5, 5.41) is 17.4. The van der Waals surface area contributed by atoms with Crippen LogP contribution in [0.3, 0.4) is 0 Å². The summed E-state index contributed by atoms with van der Waals surface area (Å²) in [5.41, 5.74) is 2.55. The number of amides is 1. The minimum atomic E-state index is -4.39. The first-order valence-corrected chi connectivity index (χ1v) is 15.0. The second kappa shape index (κ2) is 11.9. The predicted molar refractivity (Wildman–Crippen MR) is 161 cm³/mol. The summed E-state index contributed by atoms with van der Waals surface area (Å²) >= 11 is 0. The van der Waals surface area contributed by atoms with Gasteiger partial charge in [-0.25, -0.2) is 4.52 Å². The van der Waals surface area contributed by atoms with Crippen molar-refractivity contribution in [1.29, 1.82) is 0 Å². The van der Waals surface area contributed by atoms with E-state index < -0.39 is 18.4 Å². The summed E-state index contributed by atoms with van der Waals surface area (Å²) in [6, 6.07) is 17.9. The van der Waals surface area contributed by atoms with Crippen molar-refractivity contribution >= 4 is 11.4 Å². The average molecular weight is 624 g/mol. The first kappa shape index (κ1) is 30.8. The molecule has 0 aliphatic heterocycles. The second-order valence-corrected chi connectivity index (χ2v) is 12.9. The number of nitrogens with one attached hydrogen (secondary N) is 1. The van der Waals surface area contributed by atoms with Gasteiger partial charge in [0, 0.05) is 11.6 Å². The molecule has 1 spiro atoms. The van der Waals surface area contributed by atoms with Crippen LogP contribution in [0.25, 0.3) is 16.6 Å². The largest absolute Gasteiger partial charge is 0.490 e. The number of aliphatic hydroxyl groups is 1. The molecule has 2 saturated carbocycles. The molecular formula is C34H36F3N3O5. The van der Waals surface area contributed by atoms with Crippen LogP contribution < -0.4 is 19.5 Å².